The van der Waals surface area contributed by atoms with E-state index in [1.165, 1.54) is 7.11 Å². The molecule has 0 bridgehead atoms. The van der Waals surface area contributed by atoms with E-state index in [9.17, 15) is 4.79 Å². The molecule has 0 aromatic heterocycles. The van der Waals surface area contributed by atoms with Gasteiger partial charge in [-0.2, -0.15) is 0 Å². The predicted molar refractivity (Wildman–Crippen MR) is 59.9 cm³/mol. The second-order valence-electron chi connectivity index (χ2n) is 2.64. The summed E-state index contributed by atoms with van der Waals surface area (Å²) in [6, 6.07) is 7.36. The number of hydrogen-bond donors (Lipinski definition) is 0. The van der Waals surface area contributed by atoms with Gasteiger partial charge in [-0.3, -0.25) is 0 Å². The van der Waals surface area contributed by atoms with Gasteiger partial charge in [0, 0.05) is 5.40 Å². The van der Waals surface area contributed by atoms with Crippen LogP contribution in [-0.4, -0.2) is 13.1 Å². The first-order chi connectivity index (χ1) is 6.15. The zero-order valence-electron chi connectivity index (χ0n) is 7.36. The summed E-state index contributed by atoms with van der Waals surface area (Å²) in [5.74, 6) is -0.296. The molecule has 0 aliphatic rings. The molecular weight excluding hydrogens is 202 g/mol. The Bertz CT molecular complexity index is 293. The Morgan fingerprint density at radius 2 is 1.85 bits per heavy atom. The highest BCUT2D eigenvalue weighted by molar-refractivity contribution is 7.37. The molecule has 0 heterocycles. The van der Waals surface area contributed by atoms with Gasteiger partial charge < -0.3 is 4.74 Å². The maximum atomic E-state index is 11.1. The molecule has 0 spiro atoms. The van der Waals surface area contributed by atoms with Crippen LogP contribution in [0.5, 0.6) is 0 Å². The Morgan fingerprint density at radius 3 is 2.23 bits per heavy atom. The Kier molecular flexibility index (Phi) is 3.84. The Labute approximate surface area is 82.5 Å². The minimum atomic E-state index is -0.296. The molecule has 0 aliphatic heterocycles. The Balaban J connectivity index is 2.87. The number of rotatable bonds is 2. The molecule has 0 N–H and O–H groups in total. The van der Waals surface area contributed by atoms with Crippen molar-refractivity contribution in [3.05, 3.63) is 35.4 Å². The van der Waals surface area contributed by atoms with E-state index in [1.807, 2.05) is 12.1 Å². The van der Waals surface area contributed by atoms with Gasteiger partial charge in [-0.05, 0) is 17.7 Å². The van der Waals surface area contributed by atoms with Gasteiger partial charge in [-0.25, -0.2) is 4.79 Å². The molecule has 1 rings (SSSR count). The van der Waals surface area contributed by atoms with Crippen LogP contribution in [0.15, 0.2) is 24.3 Å². The molecule has 0 saturated heterocycles. The summed E-state index contributed by atoms with van der Waals surface area (Å²) in [5, 5.41) is 0.326. The van der Waals surface area contributed by atoms with Crippen molar-refractivity contribution in [2.45, 2.75) is 5.40 Å². The van der Waals surface area contributed by atoms with Crippen molar-refractivity contribution in [1.82, 2.24) is 0 Å². The molecule has 2 unspecified atom stereocenters. The van der Waals surface area contributed by atoms with E-state index >= 15 is 0 Å². The van der Waals surface area contributed by atoms with Crippen LogP contribution in [0.1, 0.15) is 21.3 Å². The molecule has 1 aromatic rings. The summed E-state index contributed by atoms with van der Waals surface area (Å²) in [7, 11) is 6.72. The lowest BCUT2D eigenvalue weighted by molar-refractivity contribution is 0.0601. The van der Waals surface area contributed by atoms with Crippen molar-refractivity contribution >= 4 is 24.4 Å². The third kappa shape index (κ3) is 2.76. The van der Waals surface area contributed by atoms with Crippen LogP contribution < -0.4 is 0 Å². The lowest BCUT2D eigenvalue weighted by atomic mass is 10.1. The minimum absolute atomic E-state index is 0.296. The van der Waals surface area contributed by atoms with Crippen LogP contribution in [-0.2, 0) is 4.74 Å². The molecular formula is C9H12O2P2. The van der Waals surface area contributed by atoms with E-state index in [-0.39, 0.29) is 5.97 Å². The zero-order chi connectivity index (χ0) is 9.84. The fourth-order valence-electron chi connectivity index (χ4n) is 0.959. The van der Waals surface area contributed by atoms with Gasteiger partial charge in [0.15, 0.2) is 0 Å². The number of carbonyl (C=O) groups excluding carboxylic acids is 1. The molecule has 4 heteroatoms. The third-order valence-corrected chi connectivity index (χ3v) is 2.49. The van der Waals surface area contributed by atoms with E-state index < -0.39 is 0 Å². The number of ether oxygens (including phenoxy) is 1. The van der Waals surface area contributed by atoms with Crippen LogP contribution in [0.4, 0.5) is 0 Å². The summed E-state index contributed by atoms with van der Waals surface area (Å²) in [5.41, 5.74) is 1.74. The van der Waals surface area contributed by atoms with Crippen LogP contribution in [0.25, 0.3) is 0 Å². The third-order valence-electron chi connectivity index (χ3n) is 1.72. The van der Waals surface area contributed by atoms with Gasteiger partial charge in [-0.1, -0.05) is 12.1 Å². The summed E-state index contributed by atoms with van der Waals surface area (Å²) >= 11 is 0. The van der Waals surface area contributed by atoms with Gasteiger partial charge in [0.25, 0.3) is 0 Å². The summed E-state index contributed by atoms with van der Waals surface area (Å²) in [4.78, 5) is 11.1. The quantitative estimate of drug-likeness (QED) is 0.557. The highest BCUT2D eigenvalue weighted by atomic mass is 31.1. The normalized spacial score (nSPS) is 10.2. The molecule has 2 atom stereocenters. The van der Waals surface area contributed by atoms with Crippen LogP contribution >= 0.6 is 18.5 Å². The minimum Gasteiger partial charge on any atom is -0.465 e. The average molecular weight is 214 g/mol. The number of carbonyl (C=O) groups is 1. The van der Waals surface area contributed by atoms with E-state index in [0.29, 0.717) is 11.0 Å². The standard InChI is InChI=1S/C9H12O2P2/c1-11-8(10)6-2-4-7(5-3-6)9(12)13/h2-5,9H,12-13H2,1H3. The molecule has 0 fully saturated rings. The fraction of sp³-hybridized carbons (Fsp3) is 0.222. The molecule has 0 radical (unpaired) electrons. The zero-order valence-corrected chi connectivity index (χ0v) is 9.67. The Morgan fingerprint density at radius 1 is 1.31 bits per heavy atom. The van der Waals surface area contributed by atoms with E-state index in [1.54, 1.807) is 12.1 Å². The van der Waals surface area contributed by atoms with Crippen molar-refractivity contribution in [1.29, 1.82) is 0 Å². The van der Waals surface area contributed by atoms with E-state index in [2.05, 4.69) is 23.2 Å². The second-order valence-corrected chi connectivity index (χ2v) is 4.85. The van der Waals surface area contributed by atoms with Crippen molar-refractivity contribution in [2.24, 2.45) is 0 Å². The first-order valence-electron chi connectivity index (χ1n) is 3.84. The van der Waals surface area contributed by atoms with Crippen LogP contribution in [0, 0.1) is 0 Å². The highest BCUT2D eigenvalue weighted by Crippen LogP contribution is 2.29. The van der Waals surface area contributed by atoms with E-state index in [0.717, 1.165) is 5.56 Å². The maximum Gasteiger partial charge on any atom is 0.337 e. The molecule has 1 aromatic carbocycles. The Hall–Kier alpha value is -0.450. The topological polar surface area (TPSA) is 26.3 Å². The van der Waals surface area contributed by atoms with Crippen molar-refractivity contribution in [2.75, 3.05) is 7.11 Å². The molecule has 70 valence electrons. The van der Waals surface area contributed by atoms with Crippen molar-refractivity contribution in [3.63, 3.8) is 0 Å². The largest absolute Gasteiger partial charge is 0.465 e. The van der Waals surface area contributed by atoms with Crippen molar-refractivity contribution < 1.29 is 9.53 Å². The average Bonchev–Trinajstić information content (AvgIpc) is 2.17. The molecule has 0 saturated carbocycles. The SMILES string of the molecule is COC(=O)c1ccc(C(P)P)cc1. The second kappa shape index (κ2) is 4.69. The lowest BCUT2D eigenvalue weighted by Gasteiger charge is -2.05. The van der Waals surface area contributed by atoms with E-state index in [4.69, 9.17) is 0 Å². The maximum absolute atomic E-state index is 11.1. The molecule has 13 heavy (non-hydrogen) atoms. The monoisotopic (exact) mass is 214 g/mol. The van der Waals surface area contributed by atoms with Gasteiger partial charge in [-0.15, -0.1) is 18.5 Å². The predicted octanol–water partition coefficient (Wildman–Crippen LogP) is 2.22. The fourth-order valence-corrected chi connectivity index (χ4v) is 1.40. The highest BCUT2D eigenvalue weighted by Gasteiger charge is 2.05. The number of benzene rings is 1. The van der Waals surface area contributed by atoms with Gasteiger partial charge in [0.2, 0.25) is 0 Å². The van der Waals surface area contributed by atoms with Gasteiger partial charge in [0.1, 0.15) is 0 Å². The number of esters is 1. The summed E-state index contributed by atoms with van der Waals surface area (Å²) in [6.07, 6.45) is 0. The molecule has 0 aliphatic carbocycles. The first-order valence-corrected chi connectivity index (χ1v) is 5.18. The number of hydrogen-bond acceptors (Lipinski definition) is 2. The first kappa shape index (κ1) is 10.6. The summed E-state index contributed by atoms with van der Waals surface area (Å²) < 4.78 is 4.59. The summed E-state index contributed by atoms with van der Waals surface area (Å²) in [6.45, 7) is 0. The lowest BCUT2D eigenvalue weighted by Crippen LogP contribution is -2.00. The van der Waals surface area contributed by atoms with Crippen molar-refractivity contribution in [3.8, 4) is 0 Å². The smallest absolute Gasteiger partial charge is 0.337 e. The molecule has 2 nitrogen and oxygen atoms in total. The van der Waals surface area contributed by atoms with Gasteiger partial charge >= 0.3 is 5.97 Å². The number of methoxy groups -OCH3 is 1. The van der Waals surface area contributed by atoms with Gasteiger partial charge in [0.05, 0.1) is 12.7 Å². The van der Waals surface area contributed by atoms with Crippen LogP contribution in [0.3, 0.4) is 0 Å². The van der Waals surface area contributed by atoms with Crippen LogP contribution in [0.2, 0.25) is 0 Å². The molecule has 0 amide bonds.